The maximum atomic E-state index is 11.9. The molecule has 1 amide bonds. The molecule has 0 aliphatic carbocycles. The lowest BCUT2D eigenvalue weighted by atomic mass is 10.1. The predicted octanol–water partition coefficient (Wildman–Crippen LogP) is 0.783. The molecule has 1 heterocycles. The van der Waals surface area contributed by atoms with Gasteiger partial charge in [0.25, 0.3) is 5.91 Å². The van der Waals surface area contributed by atoms with Crippen molar-refractivity contribution in [1.82, 2.24) is 5.32 Å². The fraction of sp³-hybridized carbons (Fsp3) is 0.385. The summed E-state index contributed by atoms with van der Waals surface area (Å²) >= 11 is 0. The summed E-state index contributed by atoms with van der Waals surface area (Å²) in [7, 11) is 0. The van der Waals surface area contributed by atoms with Gasteiger partial charge in [-0.25, -0.2) is 0 Å². The van der Waals surface area contributed by atoms with E-state index >= 15 is 0 Å². The molecule has 5 nitrogen and oxygen atoms in total. The number of nitriles is 1. The molecule has 0 spiro atoms. The van der Waals surface area contributed by atoms with Gasteiger partial charge in [-0.3, -0.25) is 4.79 Å². The summed E-state index contributed by atoms with van der Waals surface area (Å²) in [6.45, 7) is 1.14. The maximum absolute atomic E-state index is 11.9. The van der Waals surface area contributed by atoms with Crippen LogP contribution in [0.25, 0.3) is 0 Å². The van der Waals surface area contributed by atoms with Crippen LogP contribution in [0.5, 0.6) is 0 Å². The summed E-state index contributed by atoms with van der Waals surface area (Å²) in [4.78, 5) is 11.9. The highest BCUT2D eigenvalue weighted by molar-refractivity contribution is 5.81. The van der Waals surface area contributed by atoms with Crippen LogP contribution < -0.4 is 5.32 Å². The van der Waals surface area contributed by atoms with Gasteiger partial charge in [0.2, 0.25) is 0 Å². The van der Waals surface area contributed by atoms with Crippen LogP contribution >= 0.6 is 0 Å². The Morgan fingerprint density at radius 2 is 2.17 bits per heavy atom. The van der Waals surface area contributed by atoms with E-state index in [0.717, 1.165) is 5.56 Å². The molecule has 1 aromatic rings. The van der Waals surface area contributed by atoms with E-state index in [1.165, 1.54) is 0 Å². The van der Waals surface area contributed by atoms with E-state index in [0.29, 0.717) is 13.2 Å². The molecule has 0 bridgehead atoms. The van der Waals surface area contributed by atoms with Crippen LogP contribution in [0.2, 0.25) is 0 Å². The Morgan fingerprint density at radius 3 is 2.78 bits per heavy atom. The van der Waals surface area contributed by atoms with Crippen LogP contribution in [0.15, 0.2) is 30.3 Å². The second-order valence-electron chi connectivity index (χ2n) is 3.92. The first kappa shape index (κ1) is 12.6. The number of nitrogens with zero attached hydrogens (tertiary/aromatic N) is 1. The number of rotatable bonds is 3. The van der Waals surface area contributed by atoms with Gasteiger partial charge in [0.05, 0.1) is 25.9 Å². The Morgan fingerprint density at radius 1 is 1.39 bits per heavy atom. The van der Waals surface area contributed by atoms with Crippen molar-refractivity contribution in [2.75, 3.05) is 19.8 Å². The molecule has 1 saturated heterocycles. The lowest BCUT2D eigenvalue weighted by Crippen LogP contribution is -2.43. The van der Waals surface area contributed by atoms with Crippen LogP contribution in [-0.4, -0.2) is 31.8 Å². The van der Waals surface area contributed by atoms with Crippen molar-refractivity contribution in [3.05, 3.63) is 35.9 Å². The molecule has 0 radical (unpaired) electrons. The summed E-state index contributed by atoms with van der Waals surface area (Å²) in [5, 5.41) is 11.7. The molecular formula is C13H14N2O3. The SMILES string of the molecule is N#CC(NC(=O)C1COCCO1)c1ccccc1. The minimum absolute atomic E-state index is 0.235. The fourth-order valence-electron chi connectivity index (χ4n) is 1.71. The zero-order chi connectivity index (χ0) is 12.8. The molecule has 1 aromatic carbocycles. The first-order valence-electron chi connectivity index (χ1n) is 5.75. The number of carbonyl (C=O) groups excluding carboxylic acids is 1. The molecule has 1 aliphatic rings. The number of hydrogen-bond donors (Lipinski definition) is 1. The Hall–Kier alpha value is -1.90. The number of benzene rings is 1. The van der Waals surface area contributed by atoms with Crippen molar-refractivity contribution in [3.63, 3.8) is 0 Å². The lowest BCUT2D eigenvalue weighted by molar-refractivity contribution is -0.147. The molecule has 1 fully saturated rings. The van der Waals surface area contributed by atoms with Gasteiger partial charge in [0.1, 0.15) is 6.04 Å². The molecule has 2 unspecified atom stereocenters. The highest BCUT2D eigenvalue weighted by Gasteiger charge is 2.25. The van der Waals surface area contributed by atoms with Crippen molar-refractivity contribution < 1.29 is 14.3 Å². The lowest BCUT2D eigenvalue weighted by Gasteiger charge is -2.23. The number of nitrogens with one attached hydrogen (secondary N) is 1. The topological polar surface area (TPSA) is 71.4 Å². The molecule has 2 rings (SSSR count). The fourth-order valence-corrected chi connectivity index (χ4v) is 1.71. The van der Waals surface area contributed by atoms with Gasteiger partial charge in [-0.2, -0.15) is 5.26 Å². The number of ether oxygens (including phenoxy) is 2. The highest BCUT2D eigenvalue weighted by Crippen LogP contribution is 2.12. The highest BCUT2D eigenvalue weighted by atomic mass is 16.6. The summed E-state index contributed by atoms with van der Waals surface area (Å²) in [6, 6.07) is 10.5. The van der Waals surface area contributed by atoms with Gasteiger partial charge in [0.15, 0.2) is 6.10 Å². The largest absolute Gasteiger partial charge is 0.376 e. The number of carbonyl (C=O) groups is 1. The Kier molecular flexibility index (Phi) is 4.29. The summed E-state index contributed by atoms with van der Waals surface area (Å²) in [5.41, 5.74) is 0.755. The second kappa shape index (κ2) is 6.15. The van der Waals surface area contributed by atoms with Crippen LogP contribution in [0.4, 0.5) is 0 Å². The minimum atomic E-state index is -0.663. The van der Waals surface area contributed by atoms with E-state index in [1.54, 1.807) is 12.1 Å². The molecule has 1 N–H and O–H groups in total. The van der Waals surface area contributed by atoms with Crippen LogP contribution in [0, 0.1) is 11.3 Å². The van der Waals surface area contributed by atoms with E-state index in [1.807, 2.05) is 18.2 Å². The minimum Gasteiger partial charge on any atom is -0.376 e. The zero-order valence-electron chi connectivity index (χ0n) is 9.83. The van der Waals surface area contributed by atoms with Gasteiger partial charge < -0.3 is 14.8 Å². The van der Waals surface area contributed by atoms with Crippen molar-refractivity contribution in [2.45, 2.75) is 12.1 Å². The Bertz CT molecular complexity index is 435. The van der Waals surface area contributed by atoms with Crippen LogP contribution in [0.1, 0.15) is 11.6 Å². The van der Waals surface area contributed by atoms with Crippen molar-refractivity contribution >= 4 is 5.91 Å². The summed E-state index contributed by atoms with van der Waals surface area (Å²) < 4.78 is 10.4. The molecule has 5 heteroatoms. The van der Waals surface area contributed by atoms with Crippen LogP contribution in [0.3, 0.4) is 0 Å². The molecule has 0 aromatic heterocycles. The van der Waals surface area contributed by atoms with Gasteiger partial charge in [0, 0.05) is 0 Å². The van der Waals surface area contributed by atoms with Crippen molar-refractivity contribution in [1.29, 1.82) is 5.26 Å². The number of amides is 1. The first-order chi connectivity index (χ1) is 8.81. The van der Waals surface area contributed by atoms with Gasteiger partial charge in [-0.15, -0.1) is 0 Å². The average Bonchev–Trinajstić information content (AvgIpc) is 2.46. The van der Waals surface area contributed by atoms with Gasteiger partial charge >= 0.3 is 0 Å². The van der Waals surface area contributed by atoms with E-state index in [2.05, 4.69) is 11.4 Å². The maximum Gasteiger partial charge on any atom is 0.252 e. The third-order valence-electron chi connectivity index (χ3n) is 2.66. The Labute approximate surface area is 105 Å². The van der Waals surface area contributed by atoms with E-state index < -0.39 is 12.1 Å². The van der Waals surface area contributed by atoms with Gasteiger partial charge in [-0.05, 0) is 5.56 Å². The van der Waals surface area contributed by atoms with Crippen molar-refractivity contribution in [2.24, 2.45) is 0 Å². The molecule has 2 atom stereocenters. The van der Waals surface area contributed by atoms with Crippen LogP contribution in [-0.2, 0) is 14.3 Å². The summed E-state index contributed by atoms with van der Waals surface area (Å²) in [6.07, 6.45) is -0.627. The van der Waals surface area contributed by atoms with E-state index in [4.69, 9.17) is 14.7 Å². The molecule has 1 aliphatic heterocycles. The standard InChI is InChI=1S/C13H14N2O3/c14-8-11(10-4-2-1-3-5-10)15-13(16)12-9-17-6-7-18-12/h1-5,11-12H,6-7,9H2,(H,15,16). The number of hydrogen-bond acceptors (Lipinski definition) is 4. The summed E-state index contributed by atoms with van der Waals surface area (Å²) in [5.74, 6) is -0.315. The molecular weight excluding hydrogens is 232 g/mol. The third kappa shape index (κ3) is 3.06. The smallest absolute Gasteiger partial charge is 0.252 e. The molecule has 18 heavy (non-hydrogen) atoms. The molecule has 94 valence electrons. The van der Waals surface area contributed by atoms with E-state index in [9.17, 15) is 4.79 Å². The van der Waals surface area contributed by atoms with Gasteiger partial charge in [-0.1, -0.05) is 30.3 Å². The normalized spacial score (nSPS) is 20.7. The second-order valence-corrected chi connectivity index (χ2v) is 3.92. The third-order valence-corrected chi connectivity index (χ3v) is 2.66. The van der Waals surface area contributed by atoms with Crippen molar-refractivity contribution in [3.8, 4) is 6.07 Å². The predicted molar refractivity (Wildman–Crippen MR) is 63.5 cm³/mol. The monoisotopic (exact) mass is 246 g/mol. The Balaban J connectivity index is 1.98. The average molecular weight is 246 g/mol. The quantitative estimate of drug-likeness (QED) is 0.855. The molecule has 0 saturated carbocycles. The zero-order valence-corrected chi connectivity index (χ0v) is 9.83. The van der Waals surface area contributed by atoms with E-state index in [-0.39, 0.29) is 12.5 Å². The first-order valence-corrected chi connectivity index (χ1v) is 5.75.